The fourth-order valence-electron chi connectivity index (χ4n) is 2.96. The zero-order valence-corrected chi connectivity index (χ0v) is 16.1. The van der Waals surface area contributed by atoms with E-state index in [1.807, 2.05) is 12.1 Å². The summed E-state index contributed by atoms with van der Waals surface area (Å²) in [4.78, 5) is 7.98. The van der Waals surface area contributed by atoms with Crippen molar-refractivity contribution in [1.29, 1.82) is 0 Å². The lowest BCUT2D eigenvalue weighted by Crippen LogP contribution is -2.45. The molecule has 0 aliphatic carbocycles. The number of hydrogen-bond donors (Lipinski definition) is 2. The van der Waals surface area contributed by atoms with Crippen LogP contribution >= 0.6 is 35.4 Å². The van der Waals surface area contributed by atoms with Crippen LogP contribution in [0.3, 0.4) is 0 Å². The molecule has 2 N–H and O–H groups in total. The number of nitrogens with zero attached hydrogens (tertiary/aromatic N) is 2. The van der Waals surface area contributed by atoms with Gasteiger partial charge in [0, 0.05) is 25.2 Å². The first-order chi connectivity index (χ1) is 12.5. The largest absolute Gasteiger partial charge is 0.381 e. The van der Waals surface area contributed by atoms with Crippen LogP contribution in [0.15, 0.2) is 30.5 Å². The van der Waals surface area contributed by atoms with Crippen LogP contribution in [0, 0.1) is 5.82 Å². The molecule has 1 aromatic carbocycles. The average molecular weight is 415 g/mol. The highest BCUT2D eigenvalue weighted by atomic mass is 35.5. The van der Waals surface area contributed by atoms with Gasteiger partial charge in [-0.05, 0) is 42.8 Å². The smallest absolute Gasteiger partial charge is 0.173 e. The van der Waals surface area contributed by atoms with Gasteiger partial charge in [-0.1, -0.05) is 35.3 Å². The molecule has 1 aliphatic heterocycles. The van der Waals surface area contributed by atoms with Crippen LogP contribution in [0.1, 0.15) is 18.4 Å². The molecule has 26 heavy (non-hydrogen) atoms. The molecule has 138 valence electrons. The van der Waals surface area contributed by atoms with Crippen molar-refractivity contribution in [2.75, 3.05) is 25.1 Å². The van der Waals surface area contributed by atoms with E-state index >= 15 is 0 Å². The summed E-state index contributed by atoms with van der Waals surface area (Å²) in [7, 11) is 0. The Morgan fingerprint density at radius 2 is 1.92 bits per heavy atom. The second-order valence-corrected chi connectivity index (χ2v) is 7.19. The van der Waals surface area contributed by atoms with Gasteiger partial charge in [0.15, 0.2) is 16.1 Å². The minimum Gasteiger partial charge on any atom is -0.381 e. The quantitative estimate of drug-likeness (QED) is 0.738. The Kier molecular flexibility index (Phi) is 6.24. The van der Waals surface area contributed by atoms with Crippen LogP contribution in [0.25, 0.3) is 0 Å². The van der Waals surface area contributed by atoms with Crippen LogP contribution in [0.2, 0.25) is 10.3 Å². The SMILES string of the molecule is Fc1ccc(C2(CNC(=S)Nc3ncc(Cl)nc3Cl)CCOCC2)cc1. The van der Waals surface area contributed by atoms with Gasteiger partial charge in [0.1, 0.15) is 11.0 Å². The molecule has 0 radical (unpaired) electrons. The Labute approximate surface area is 166 Å². The van der Waals surface area contributed by atoms with Gasteiger partial charge < -0.3 is 15.4 Å². The van der Waals surface area contributed by atoms with Gasteiger partial charge in [-0.2, -0.15) is 0 Å². The summed E-state index contributed by atoms with van der Waals surface area (Å²) in [5.41, 5.74) is 0.870. The molecule has 0 amide bonds. The van der Waals surface area contributed by atoms with E-state index in [1.165, 1.54) is 18.3 Å². The fourth-order valence-corrected chi connectivity index (χ4v) is 3.50. The molecule has 0 unspecified atom stereocenters. The second kappa shape index (κ2) is 8.43. The van der Waals surface area contributed by atoms with Crippen LogP contribution < -0.4 is 10.6 Å². The first-order valence-electron chi connectivity index (χ1n) is 8.05. The van der Waals surface area contributed by atoms with Crippen molar-refractivity contribution in [2.24, 2.45) is 0 Å². The molecule has 0 saturated carbocycles. The van der Waals surface area contributed by atoms with E-state index in [2.05, 4.69) is 20.6 Å². The zero-order valence-electron chi connectivity index (χ0n) is 13.8. The Morgan fingerprint density at radius 3 is 2.58 bits per heavy atom. The third-order valence-electron chi connectivity index (χ3n) is 4.43. The molecule has 3 rings (SSSR count). The fraction of sp³-hybridized carbons (Fsp3) is 0.353. The predicted molar refractivity (Wildman–Crippen MR) is 104 cm³/mol. The minimum atomic E-state index is -0.253. The Hall–Kier alpha value is -1.54. The van der Waals surface area contributed by atoms with Gasteiger partial charge in [-0.3, -0.25) is 0 Å². The molecule has 0 atom stereocenters. The number of benzene rings is 1. The molecule has 2 aromatic rings. The maximum absolute atomic E-state index is 13.3. The highest BCUT2D eigenvalue weighted by Crippen LogP contribution is 2.34. The normalized spacial score (nSPS) is 16.1. The van der Waals surface area contributed by atoms with Crippen LogP contribution in [-0.4, -0.2) is 34.8 Å². The van der Waals surface area contributed by atoms with Crippen molar-refractivity contribution in [3.8, 4) is 0 Å². The highest BCUT2D eigenvalue weighted by molar-refractivity contribution is 7.80. The third-order valence-corrected chi connectivity index (χ3v) is 5.12. The second-order valence-electron chi connectivity index (χ2n) is 6.04. The number of thiocarbonyl (C=S) groups is 1. The van der Waals surface area contributed by atoms with Crippen LogP contribution in [0.4, 0.5) is 10.2 Å². The van der Waals surface area contributed by atoms with E-state index < -0.39 is 0 Å². The first kappa shape index (κ1) is 19.2. The van der Waals surface area contributed by atoms with E-state index in [0.29, 0.717) is 30.7 Å². The van der Waals surface area contributed by atoms with Gasteiger partial charge >= 0.3 is 0 Å². The van der Waals surface area contributed by atoms with Crippen molar-refractivity contribution >= 4 is 46.4 Å². The topological polar surface area (TPSA) is 59.1 Å². The van der Waals surface area contributed by atoms with Crippen molar-refractivity contribution in [3.05, 3.63) is 52.1 Å². The molecular weight excluding hydrogens is 398 g/mol. The lowest BCUT2D eigenvalue weighted by Gasteiger charge is -2.38. The number of aromatic nitrogens is 2. The summed E-state index contributed by atoms with van der Waals surface area (Å²) in [6.45, 7) is 1.87. The van der Waals surface area contributed by atoms with Crippen molar-refractivity contribution in [3.63, 3.8) is 0 Å². The van der Waals surface area contributed by atoms with Gasteiger partial charge in [0.25, 0.3) is 0 Å². The number of hydrogen-bond acceptors (Lipinski definition) is 4. The van der Waals surface area contributed by atoms with E-state index in [9.17, 15) is 4.39 Å². The number of nitrogens with one attached hydrogen (secondary N) is 2. The first-order valence-corrected chi connectivity index (χ1v) is 9.22. The molecule has 9 heteroatoms. The molecule has 2 heterocycles. The van der Waals surface area contributed by atoms with E-state index in [4.69, 9.17) is 40.2 Å². The molecule has 1 saturated heterocycles. The third kappa shape index (κ3) is 4.59. The number of rotatable bonds is 4. The van der Waals surface area contributed by atoms with Crippen molar-refractivity contribution in [1.82, 2.24) is 15.3 Å². The summed E-state index contributed by atoms with van der Waals surface area (Å²) >= 11 is 17.1. The Balaban J connectivity index is 1.69. The molecule has 0 bridgehead atoms. The molecule has 1 fully saturated rings. The summed E-state index contributed by atoms with van der Waals surface area (Å²) in [6.07, 6.45) is 3.02. The standard InChI is InChI=1S/C17H17Cl2FN4OS/c18-13-9-21-15(14(19)23-13)24-16(26)22-10-17(5-7-25-8-6-17)11-1-3-12(20)4-2-11/h1-4,9H,5-8,10H2,(H2,21,22,24,26). The molecule has 1 aliphatic rings. The van der Waals surface area contributed by atoms with Gasteiger partial charge in [-0.15, -0.1) is 0 Å². The summed E-state index contributed by atoms with van der Waals surface area (Å²) < 4.78 is 18.8. The molecule has 1 aromatic heterocycles. The minimum absolute atomic E-state index is 0.140. The van der Waals surface area contributed by atoms with Gasteiger partial charge in [0.2, 0.25) is 0 Å². The van der Waals surface area contributed by atoms with Gasteiger partial charge in [-0.25, -0.2) is 14.4 Å². The summed E-state index contributed by atoms with van der Waals surface area (Å²) in [5, 5.41) is 6.84. The molecular formula is C17H17Cl2FN4OS. The monoisotopic (exact) mass is 414 g/mol. The van der Waals surface area contributed by atoms with Gasteiger partial charge in [0.05, 0.1) is 6.20 Å². The van der Waals surface area contributed by atoms with E-state index in [1.54, 1.807) is 0 Å². The van der Waals surface area contributed by atoms with Crippen molar-refractivity contribution < 1.29 is 9.13 Å². The summed E-state index contributed by atoms with van der Waals surface area (Å²) in [5.74, 6) is 0.0773. The molecule has 0 spiro atoms. The number of anilines is 1. The maximum atomic E-state index is 13.3. The summed E-state index contributed by atoms with van der Waals surface area (Å²) in [6, 6.07) is 6.60. The predicted octanol–water partition coefficient (Wildman–Crippen LogP) is 3.96. The zero-order chi connectivity index (χ0) is 18.6. The lowest BCUT2D eigenvalue weighted by molar-refractivity contribution is 0.0515. The van der Waals surface area contributed by atoms with E-state index in [-0.39, 0.29) is 21.5 Å². The highest BCUT2D eigenvalue weighted by Gasteiger charge is 2.34. The number of halogens is 3. The molecule has 5 nitrogen and oxygen atoms in total. The maximum Gasteiger partial charge on any atom is 0.173 e. The van der Waals surface area contributed by atoms with Crippen molar-refractivity contribution in [2.45, 2.75) is 18.3 Å². The van der Waals surface area contributed by atoms with Crippen LogP contribution in [0.5, 0.6) is 0 Å². The van der Waals surface area contributed by atoms with E-state index in [0.717, 1.165) is 18.4 Å². The number of ether oxygens (including phenoxy) is 1. The Bertz CT molecular complexity index is 785. The average Bonchev–Trinajstić information content (AvgIpc) is 2.64. The lowest BCUT2D eigenvalue weighted by atomic mass is 9.74. The van der Waals surface area contributed by atoms with Crippen LogP contribution in [-0.2, 0) is 10.2 Å². The Morgan fingerprint density at radius 1 is 1.23 bits per heavy atom.